The summed E-state index contributed by atoms with van der Waals surface area (Å²) in [5, 5.41) is 7.42. The SMILES string of the molecule is CCS(=O)C1CCCC(NC(=NC)NCC(C)CN2CCCCC2)C1.I. The average Bonchev–Trinajstić information content (AvgIpc) is 2.65. The van der Waals surface area contributed by atoms with Crippen molar-refractivity contribution in [1.82, 2.24) is 15.5 Å². The van der Waals surface area contributed by atoms with Gasteiger partial charge in [-0.15, -0.1) is 24.0 Å². The van der Waals surface area contributed by atoms with Gasteiger partial charge < -0.3 is 15.5 Å². The van der Waals surface area contributed by atoms with Crippen LogP contribution in [0.5, 0.6) is 0 Å². The van der Waals surface area contributed by atoms with Gasteiger partial charge in [0.2, 0.25) is 0 Å². The van der Waals surface area contributed by atoms with Crippen LogP contribution in [0.1, 0.15) is 58.8 Å². The minimum Gasteiger partial charge on any atom is -0.356 e. The second kappa shape index (κ2) is 13.3. The summed E-state index contributed by atoms with van der Waals surface area (Å²) in [7, 11) is 1.17. The topological polar surface area (TPSA) is 56.7 Å². The lowest BCUT2D eigenvalue weighted by molar-refractivity contribution is 0.201. The molecule has 0 amide bonds. The van der Waals surface area contributed by atoms with Gasteiger partial charge >= 0.3 is 0 Å². The van der Waals surface area contributed by atoms with E-state index in [9.17, 15) is 4.21 Å². The van der Waals surface area contributed by atoms with Gasteiger partial charge in [-0.25, -0.2) is 0 Å². The third-order valence-electron chi connectivity index (χ3n) is 5.48. The van der Waals surface area contributed by atoms with Crippen LogP contribution in [0.25, 0.3) is 0 Å². The molecule has 26 heavy (non-hydrogen) atoms. The number of piperidine rings is 1. The molecule has 0 aromatic rings. The number of guanidine groups is 1. The van der Waals surface area contributed by atoms with Gasteiger partial charge in [-0.3, -0.25) is 9.20 Å². The minimum absolute atomic E-state index is 0. The molecule has 1 heterocycles. The van der Waals surface area contributed by atoms with Gasteiger partial charge in [-0.05, 0) is 51.1 Å². The molecule has 0 aromatic heterocycles. The molecule has 1 saturated heterocycles. The van der Waals surface area contributed by atoms with E-state index in [1.807, 2.05) is 14.0 Å². The Labute approximate surface area is 180 Å². The van der Waals surface area contributed by atoms with E-state index in [1.54, 1.807) is 0 Å². The highest BCUT2D eigenvalue weighted by Crippen LogP contribution is 2.23. The Morgan fingerprint density at radius 2 is 1.96 bits per heavy atom. The molecule has 1 aliphatic carbocycles. The summed E-state index contributed by atoms with van der Waals surface area (Å²) < 4.78 is 12.1. The third-order valence-corrected chi connectivity index (χ3v) is 7.22. The molecule has 0 spiro atoms. The number of likely N-dealkylation sites (tertiary alicyclic amines) is 1. The first-order valence-electron chi connectivity index (χ1n) is 10.2. The highest BCUT2D eigenvalue weighted by Gasteiger charge is 2.26. The number of hydrogen-bond donors (Lipinski definition) is 2. The molecule has 2 aliphatic rings. The number of rotatable bonds is 7. The quantitative estimate of drug-likeness (QED) is 0.322. The first kappa shape index (κ1) is 24.1. The maximum atomic E-state index is 12.1. The fraction of sp³-hybridized carbons (Fsp3) is 0.947. The van der Waals surface area contributed by atoms with E-state index < -0.39 is 10.8 Å². The molecule has 5 nitrogen and oxygen atoms in total. The van der Waals surface area contributed by atoms with Crippen LogP contribution in [0.3, 0.4) is 0 Å². The maximum Gasteiger partial charge on any atom is 0.191 e. The molecule has 2 N–H and O–H groups in total. The van der Waals surface area contributed by atoms with Crippen LogP contribution < -0.4 is 10.6 Å². The van der Waals surface area contributed by atoms with Crippen LogP contribution in [0.2, 0.25) is 0 Å². The van der Waals surface area contributed by atoms with E-state index in [4.69, 9.17) is 0 Å². The van der Waals surface area contributed by atoms with Crippen LogP contribution >= 0.6 is 24.0 Å². The molecule has 0 bridgehead atoms. The Morgan fingerprint density at radius 3 is 2.62 bits per heavy atom. The Hall–Kier alpha value is 0.110. The molecule has 4 atom stereocenters. The molecule has 2 fully saturated rings. The van der Waals surface area contributed by atoms with E-state index in [0.29, 0.717) is 17.2 Å². The van der Waals surface area contributed by atoms with Crippen molar-refractivity contribution >= 4 is 40.7 Å². The van der Waals surface area contributed by atoms with E-state index >= 15 is 0 Å². The van der Waals surface area contributed by atoms with Crippen LogP contribution in [0.15, 0.2) is 4.99 Å². The first-order chi connectivity index (χ1) is 12.1. The molecule has 0 aromatic carbocycles. The number of hydrogen-bond acceptors (Lipinski definition) is 3. The van der Waals surface area contributed by atoms with Crippen molar-refractivity contribution in [3.63, 3.8) is 0 Å². The summed E-state index contributed by atoms with van der Waals surface area (Å²) >= 11 is 0. The second-order valence-electron chi connectivity index (χ2n) is 7.72. The van der Waals surface area contributed by atoms with E-state index in [-0.39, 0.29) is 24.0 Å². The van der Waals surface area contributed by atoms with Crippen molar-refractivity contribution in [2.24, 2.45) is 10.9 Å². The Balaban J connectivity index is 0.00000338. The lowest BCUT2D eigenvalue weighted by atomic mass is 9.95. The van der Waals surface area contributed by atoms with Gasteiger partial charge in [0.05, 0.1) is 0 Å². The summed E-state index contributed by atoms with van der Waals surface area (Å²) in [6.07, 6.45) is 8.53. The summed E-state index contributed by atoms with van der Waals surface area (Å²) in [5.41, 5.74) is 0. The Kier molecular flexibility index (Phi) is 12.4. The van der Waals surface area contributed by atoms with Crippen LogP contribution in [0, 0.1) is 5.92 Å². The number of nitrogens with one attached hydrogen (secondary N) is 2. The van der Waals surface area contributed by atoms with Crippen LogP contribution in [0.4, 0.5) is 0 Å². The molecule has 4 unspecified atom stereocenters. The average molecular weight is 499 g/mol. The normalized spacial score (nSPS) is 27.3. The smallest absolute Gasteiger partial charge is 0.191 e. The summed E-state index contributed by atoms with van der Waals surface area (Å²) in [6, 6.07) is 0.401. The zero-order valence-corrected chi connectivity index (χ0v) is 20.0. The fourth-order valence-electron chi connectivity index (χ4n) is 4.06. The monoisotopic (exact) mass is 498 g/mol. The van der Waals surface area contributed by atoms with Crippen molar-refractivity contribution < 1.29 is 4.21 Å². The number of halogens is 1. The maximum absolute atomic E-state index is 12.1. The number of nitrogens with zero attached hydrogens (tertiary/aromatic N) is 2. The van der Waals surface area contributed by atoms with Crippen LogP contribution in [-0.4, -0.2) is 65.3 Å². The zero-order valence-electron chi connectivity index (χ0n) is 16.8. The van der Waals surface area contributed by atoms with Gasteiger partial charge in [0, 0.05) is 48.0 Å². The van der Waals surface area contributed by atoms with E-state index in [0.717, 1.165) is 43.9 Å². The molecule has 1 aliphatic heterocycles. The predicted molar refractivity (Wildman–Crippen MR) is 124 cm³/mol. The summed E-state index contributed by atoms with van der Waals surface area (Å²) in [5.74, 6) is 2.29. The second-order valence-corrected chi connectivity index (χ2v) is 9.72. The van der Waals surface area contributed by atoms with Gasteiger partial charge in [0.25, 0.3) is 0 Å². The lowest BCUT2D eigenvalue weighted by Gasteiger charge is -2.31. The Morgan fingerprint density at radius 1 is 1.23 bits per heavy atom. The molecular weight excluding hydrogens is 459 g/mol. The molecular formula is C19H39IN4OS. The fourth-order valence-corrected chi connectivity index (χ4v) is 5.40. The number of aliphatic imine (C=N–C) groups is 1. The molecule has 2 rings (SSSR count). The highest BCUT2D eigenvalue weighted by atomic mass is 127. The van der Waals surface area contributed by atoms with Gasteiger partial charge in [-0.1, -0.05) is 26.7 Å². The van der Waals surface area contributed by atoms with Gasteiger partial charge in [0.15, 0.2) is 5.96 Å². The molecule has 1 saturated carbocycles. The van der Waals surface area contributed by atoms with Crippen molar-refractivity contribution in [1.29, 1.82) is 0 Å². The van der Waals surface area contributed by atoms with Gasteiger partial charge in [-0.2, -0.15) is 0 Å². The highest BCUT2D eigenvalue weighted by molar-refractivity contribution is 14.0. The molecule has 0 radical (unpaired) electrons. The Bertz CT molecular complexity index is 443. The zero-order chi connectivity index (χ0) is 18.1. The standard InChI is InChI=1S/C19H38N4OS.HI/c1-4-25(24)18-10-8-9-17(13-18)22-19(20-3)21-14-16(2)15-23-11-6-5-7-12-23;/h16-18H,4-15H2,1-3H3,(H2,20,21,22);1H. The summed E-state index contributed by atoms with van der Waals surface area (Å²) in [6.45, 7) is 8.98. The largest absolute Gasteiger partial charge is 0.356 e. The van der Waals surface area contributed by atoms with E-state index in [2.05, 4.69) is 27.4 Å². The molecule has 7 heteroatoms. The van der Waals surface area contributed by atoms with Crippen molar-refractivity contribution in [3.05, 3.63) is 0 Å². The minimum atomic E-state index is -0.672. The van der Waals surface area contributed by atoms with Crippen molar-refractivity contribution in [2.45, 2.75) is 70.1 Å². The summed E-state index contributed by atoms with van der Waals surface area (Å²) in [4.78, 5) is 6.99. The molecule has 154 valence electrons. The third kappa shape index (κ3) is 8.42. The lowest BCUT2D eigenvalue weighted by Crippen LogP contribution is -2.48. The van der Waals surface area contributed by atoms with Crippen molar-refractivity contribution in [2.75, 3.05) is 39.0 Å². The predicted octanol–water partition coefficient (Wildman–Crippen LogP) is 2.97. The van der Waals surface area contributed by atoms with E-state index in [1.165, 1.54) is 38.9 Å². The van der Waals surface area contributed by atoms with Crippen molar-refractivity contribution in [3.8, 4) is 0 Å². The van der Waals surface area contributed by atoms with Gasteiger partial charge in [0.1, 0.15) is 0 Å². The van der Waals surface area contributed by atoms with Crippen LogP contribution in [-0.2, 0) is 10.8 Å². The first-order valence-corrected chi connectivity index (χ1v) is 11.6.